The number of rotatable bonds is 8. The number of fused-ring (bicyclic) bond motifs is 1. The number of hydrogen-bond acceptors (Lipinski definition) is 8. The van der Waals surface area contributed by atoms with E-state index in [1.807, 2.05) is 18.2 Å². The van der Waals surface area contributed by atoms with Crippen molar-refractivity contribution in [2.45, 2.75) is 6.92 Å². The lowest BCUT2D eigenvalue weighted by Crippen LogP contribution is -2.14. The van der Waals surface area contributed by atoms with Gasteiger partial charge in [-0.1, -0.05) is 0 Å². The molecule has 154 valence electrons. The molecule has 0 amide bonds. The molecule has 2 aromatic carbocycles. The maximum Gasteiger partial charge on any atom is 0.344 e. The number of H-pyrrole nitrogens is 1. The van der Waals surface area contributed by atoms with Gasteiger partial charge in [-0.25, -0.2) is 9.78 Å². The van der Waals surface area contributed by atoms with E-state index in [0.29, 0.717) is 29.9 Å². The number of esters is 1. The second-order valence-electron chi connectivity index (χ2n) is 6.29. The van der Waals surface area contributed by atoms with Gasteiger partial charge in [-0.05, 0) is 43.3 Å². The number of benzene rings is 2. The molecular formula is C21H20N4O5. The third kappa shape index (κ3) is 4.19. The average molecular weight is 408 g/mol. The molecular weight excluding hydrogens is 388 g/mol. The first kappa shape index (κ1) is 19.3. The van der Waals surface area contributed by atoms with E-state index in [9.17, 15) is 4.79 Å². The van der Waals surface area contributed by atoms with Crippen molar-refractivity contribution in [1.29, 1.82) is 0 Å². The molecule has 0 radical (unpaired) electrons. The first-order valence-corrected chi connectivity index (χ1v) is 9.29. The summed E-state index contributed by atoms with van der Waals surface area (Å²) in [6, 6.07) is 11.4. The number of anilines is 2. The average Bonchev–Trinajstić information content (AvgIpc) is 3.41. The highest BCUT2D eigenvalue weighted by Crippen LogP contribution is 2.34. The van der Waals surface area contributed by atoms with E-state index in [0.717, 1.165) is 22.2 Å². The maximum atomic E-state index is 11.5. The first-order valence-electron chi connectivity index (χ1n) is 9.29. The predicted octanol–water partition coefficient (Wildman–Crippen LogP) is 3.91. The summed E-state index contributed by atoms with van der Waals surface area (Å²) in [4.78, 5) is 15.8. The van der Waals surface area contributed by atoms with Crippen molar-refractivity contribution < 1.29 is 23.4 Å². The minimum atomic E-state index is -0.441. The molecule has 4 aromatic rings. The van der Waals surface area contributed by atoms with Gasteiger partial charge in [0, 0.05) is 16.6 Å². The summed E-state index contributed by atoms with van der Waals surface area (Å²) < 4.78 is 21.5. The van der Waals surface area contributed by atoms with E-state index in [1.165, 1.54) is 7.11 Å². The van der Waals surface area contributed by atoms with Crippen LogP contribution in [0.25, 0.3) is 22.2 Å². The summed E-state index contributed by atoms with van der Waals surface area (Å²) in [6.07, 6.45) is 3.37. The molecule has 0 spiro atoms. The van der Waals surface area contributed by atoms with Crippen molar-refractivity contribution in [3.8, 4) is 22.8 Å². The summed E-state index contributed by atoms with van der Waals surface area (Å²) in [5.41, 5.74) is 2.53. The third-order valence-corrected chi connectivity index (χ3v) is 4.30. The molecule has 9 heteroatoms. The number of nitrogens with one attached hydrogen (secondary N) is 2. The summed E-state index contributed by atoms with van der Waals surface area (Å²) in [6.45, 7) is 1.85. The number of hydrogen-bond donors (Lipinski definition) is 2. The second kappa shape index (κ2) is 8.56. The number of nitrogens with zero attached hydrogens (tertiary/aromatic N) is 2. The van der Waals surface area contributed by atoms with E-state index in [4.69, 9.17) is 18.6 Å². The smallest absolute Gasteiger partial charge is 0.344 e. The first-order chi connectivity index (χ1) is 14.7. The molecule has 4 rings (SSSR count). The van der Waals surface area contributed by atoms with Crippen LogP contribution in [0.3, 0.4) is 0 Å². The van der Waals surface area contributed by atoms with E-state index in [2.05, 4.69) is 20.5 Å². The highest BCUT2D eigenvalue weighted by Gasteiger charge is 2.13. The highest BCUT2D eigenvalue weighted by molar-refractivity contribution is 5.82. The Morgan fingerprint density at radius 2 is 2.07 bits per heavy atom. The summed E-state index contributed by atoms with van der Waals surface area (Å²) in [5, 5.41) is 11.0. The molecule has 9 nitrogen and oxygen atoms in total. The third-order valence-electron chi connectivity index (χ3n) is 4.30. The van der Waals surface area contributed by atoms with Gasteiger partial charge in [0.2, 0.25) is 0 Å². The molecule has 0 aliphatic carbocycles. The molecule has 0 aliphatic heterocycles. The Labute approximate surface area is 172 Å². The van der Waals surface area contributed by atoms with Gasteiger partial charge in [0.1, 0.15) is 0 Å². The Balaban J connectivity index is 1.48. The molecule has 2 aromatic heterocycles. The Morgan fingerprint density at radius 1 is 1.17 bits per heavy atom. The molecule has 0 fully saturated rings. The normalized spacial score (nSPS) is 10.7. The number of aromatic amines is 1. The van der Waals surface area contributed by atoms with Gasteiger partial charge in [0.15, 0.2) is 23.9 Å². The lowest BCUT2D eigenvalue weighted by atomic mass is 10.1. The molecule has 30 heavy (non-hydrogen) atoms. The van der Waals surface area contributed by atoms with E-state index < -0.39 is 5.97 Å². The lowest BCUT2D eigenvalue weighted by Gasteiger charge is -2.11. The van der Waals surface area contributed by atoms with Crippen LogP contribution in [-0.2, 0) is 9.53 Å². The van der Waals surface area contributed by atoms with Gasteiger partial charge >= 0.3 is 5.97 Å². The fourth-order valence-electron chi connectivity index (χ4n) is 2.89. The van der Waals surface area contributed by atoms with Crippen LogP contribution < -0.4 is 14.8 Å². The quantitative estimate of drug-likeness (QED) is 0.422. The van der Waals surface area contributed by atoms with E-state index in [1.54, 1.807) is 37.5 Å². The number of carbonyl (C=O) groups is 1. The fraction of sp³-hybridized carbons (Fsp3) is 0.190. The van der Waals surface area contributed by atoms with Crippen molar-refractivity contribution in [3.05, 3.63) is 48.8 Å². The Hall–Kier alpha value is -4.01. The second-order valence-corrected chi connectivity index (χ2v) is 6.29. The zero-order chi connectivity index (χ0) is 20.9. The van der Waals surface area contributed by atoms with Crippen LogP contribution in [0.15, 0.2) is 53.2 Å². The van der Waals surface area contributed by atoms with Crippen LogP contribution in [0.2, 0.25) is 0 Å². The monoisotopic (exact) mass is 408 g/mol. The zero-order valence-electron chi connectivity index (χ0n) is 16.5. The van der Waals surface area contributed by atoms with E-state index >= 15 is 0 Å². The number of ether oxygens (including phenoxy) is 3. The highest BCUT2D eigenvalue weighted by atomic mass is 16.6. The summed E-state index contributed by atoms with van der Waals surface area (Å²) in [5.74, 6) is 1.01. The molecule has 0 unspecified atom stereocenters. The number of carbonyl (C=O) groups excluding carboxylic acids is 1. The van der Waals surface area contributed by atoms with Gasteiger partial charge in [-0.3, -0.25) is 5.10 Å². The van der Waals surface area contributed by atoms with Crippen LogP contribution in [0.5, 0.6) is 11.5 Å². The van der Waals surface area contributed by atoms with Crippen molar-refractivity contribution in [3.63, 3.8) is 0 Å². The largest absolute Gasteiger partial charge is 0.493 e. The molecule has 0 atom stereocenters. The minimum Gasteiger partial charge on any atom is -0.493 e. The molecule has 0 aliphatic rings. The van der Waals surface area contributed by atoms with Crippen LogP contribution in [0, 0.1) is 0 Å². The fourth-order valence-corrected chi connectivity index (χ4v) is 2.89. The molecule has 2 heterocycles. The SMILES string of the molecule is CCOC(=O)COc1ccc(-c2cnc(Nc3ccc4[nH]ncc4c3)o2)cc1OC. The maximum absolute atomic E-state index is 11.5. The van der Waals surface area contributed by atoms with Crippen LogP contribution >= 0.6 is 0 Å². The predicted molar refractivity (Wildman–Crippen MR) is 110 cm³/mol. The van der Waals surface area contributed by atoms with Gasteiger partial charge in [0.05, 0.1) is 31.6 Å². The lowest BCUT2D eigenvalue weighted by molar-refractivity contribution is -0.145. The Bertz CT molecular complexity index is 1170. The van der Waals surface area contributed by atoms with Gasteiger partial charge in [-0.15, -0.1) is 0 Å². The topological polar surface area (TPSA) is 112 Å². The van der Waals surface area contributed by atoms with Crippen molar-refractivity contribution in [1.82, 2.24) is 15.2 Å². The molecule has 0 saturated carbocycles. The Kier molecular flexibility index (Phi) is 5.51. The number of oxazole rings is 1. The van der Waals surface area contributed by atoms with Crippen molar-refractivity contribution in [2.24, 2.45) is 0 Å². The molecule has 2 N–H and O–H groups in total. The summed E-state index contributed by atoms with van der Waals surface area (Å²) >= 11 is 0. The van der Waals surface area contributed by atoms with Gasteiger partial charge < -0.3 is 23.9 Å². The van der Waals surface area contributed by atoms with Crippen LogP contribution in [0.4, 0.5) is 11.7 Å². The van der Waals surface area contributed by atoms with Crippen molar-refractivity contribution in [2.75, 3.05) is 25.6 Å². The van der Waals surface area contributed by atoms with Gasteiger partial charge in [-0.2, -0.15) is 5.10 Å². The standard InChI is InChI=1S/C21H20N4O5/c1-3-28-20(26)12-29-17-7-4-13(9-18(17)27-2)19-11-22-21(30-19)24-15-5-6-16-14(8-15)10-23-25-16/h4-11H,3,12H2,1-2H3,(H,22,24)(H,23,25). The van der Waals surface area contributed by atoms with Crippen molar-refractivity contribution >= 4 is 28.6 Å². The van der Waals surface area contributed by atoms with Crippen LogP contribution in [-0.4, -0.2) is 41.5 Å². The zero-order valence-corrected chi connectivity index (χ0v) is 16.5. The van der Waals surface area contributed by atoms with E-state index in [-0.39, 0.29) is 6.61 Å². The van der Waals surface area contributed by atoms with Crippen LogP contribution in [0.1, 0.15) is 6.92 Å². The Morgan fingerprint density at radius 3 is 2.90 bits per heavy atom. The summed E-state index contributed by atoms with van der Waals surface area (Å²) in [7, 11) is 1.52. The minimum absolute atomic E-state index is 0.194. The molecule has 0 bridgehead atoms. The van der Waals surface area contributed by atoms with Gasteiger partial charge in [0.25, 0.3) is 6.01 Å². The number of aromatic nitrogens is 3. The number of methoxy groups -OCH3 is 1. The molecule has 0 saturated heterocycles.